The number of methoxy groups -OCH3 is 2. The summed E-state index contributed by atoms with van der Waals surface area (Å²) in [5.74, 6) is -2.78. The number of hydrogen-bond acceptors (Lipinski definition) is 8. The van der Waals surface area contributed by atoms with Crippen molar-refractivity contribution in [3.63, 3.8) is 0 Å². The van der Waals surface area contributed by atoms with Gasteiger partial charge in [0.1, 0.15) is 23.8 Å². The average molecular weight is 689 g/mol. The lowest BCUT2D eigenvalue weighted by Gasteiger charge is -2.38. The third-order valence-electron chi connectivity index (χ3n) is 9.04. The Bertz CT molecular complexity index is 1400. The van der Waals surface area contributed by atoms with Crippen molar-refractivity contribution in [3.05, 3.63) is 71.3 Å². The fourth-order valence-electron chi connectivity index (χ4n) is 6.35. The SMILES string of the molecule is CCOC(=O)CC(=O)C1CCN(C(=O)OC)C(CCc2ccc(F)cc2)C1.COC(=O)N1CCC(C(=O)O)CC1CCc1ccc(F)cc1. The van der Waals surface area contributed by atoms with E-state index >= 15 is 0 Å². The lowest BCUT2D eigenvalue weighted by atomic mass is 9.84. The lowest BCUT2D eigenvalue weighted by molar-refractivity contribution is -0.147. The van der Waals surface area contributed by atoms with E-state index in [1.54, 1.807) is 41.0 Å². The average Bonchev–Trinajstić information content (AvgIpc) is 3.10. The zero-order valence-electron chi connectivity index (χ0n) is 28.3. The highest BCUT2D eigenvalue weighted by atomic mass is 19.1. The number of Topliss-reactive ketones (excluding diaryl/α,β-unsaturated/α-hetero) is 1. The molecule has 1 N–H and O–H groups in total. The van der Waals surface area contributed by atoms with Gasteiger partial charge >= 0.3 is 24.1 Å². The minimum Gasteiger partial charge on any atom is -0.481 e. The summed E-state index contributed by atoms with van der Waals surface area (Å²) in [7, 11) is 2.65. The molecule has 0 radical (unpaired) electrons. The highest BCUT2D eigenvalue weighted by Gasteiger charge is 2.36. The number of halogens is 2. The molecular formula is C36H46F2N2O9. The lowest BCUT2D eigenvalue weighted by Crippen LogP contribution is -2.47. The molecule has 4 unspecified atom stereocenters. The third kappa shape index (κ3) is 12.1. The fourth-order valence-corrected chi connectivity index (χ4v) is 6.35. The molecule has 2 amide bonds. The molecule has 2 heterocycles. The summed E-state index contributed by atoms with van der Waals surface area (Å²) in [5.41, 5.74) is 1.92. The Morgan fingerprint density at radius 2 is 1.16 bits per heavy atom. The first kappa shape index (κ1) is 38.9. The predicted molar refractivity (Wildman–Crippen MR) is 175 cm³/mol. The fraction of sp³-hybridized carbons (Fsp3) is 0.528. The monoisotopic (exact) mass is 688 g/mol. The number of likely N-dealkylation sites (tertiary alicyclic amines) is 2. The first-order valence-corrected chi connectivity index (χ1v) is 16.5. The number of ether oxygens (including phenoxy) is 3. The van der Waals surface area contributed by atoms with E-state index < -0.39 is 30.0 Å². The number of rotatable bonds is 11. The summed E-state index contributed by atoms with van der Waals surface area (Å²) >= 11 is 0. The van der Waals surface area contributed by atoms with E-state index in [0.29, 0.717) is 64.5 Å². The molecule has 2 aliphatic rings. The molecule has 0 spiro atoms. The zero-order valence-corrected chi connectivity index (χ0v) is 28.3. The molecule has 13 heteroatoms. The Morgan fingerprint density at radius 1 is 0.735 bits per heavy atom. The standard InChI is InChI=1S/C20H26FNO5.C16H20FNO4/c1-3-27-19(24)13-18(23)15-10-11-22(20(25)26-2)17(12-15)9-6-14-4-7-16(21)8-5-14;1-22-16(21)18-9-8-12(15(19)20)10-14(18)7-4-11-2-5-13(17)6-3-11/h4-5,7-8,15,17H,3,6,9-13H2,1-2H3;2-3,5-6,12,14H,4,7-10H2,1H3,(H,19,20). The Labute approximate surface area is 285 Å². The molecule has 2 aromatic rings. The van der Waals surface area contributed by atoms with Crippen LogP contribution in [0.3, 0.4) is 0 Å². The molecule has 2 fully saturated rings. The molecule has 0 bridgehead atoms. The number of aliphatic carboxylic acids is 1. The summed E-state index contributed by atoms with van der Waals surface area (Å²) in [5, 5.41) is 9.18. The topological polar surface area (TPSA) is 140 Å². The van der Waals surface area contributed by atoms with E-state index in [0.717, 1.165) is 11.1 Å². The Balaban J connectivity index is 0.000000271. The van der Waals surface area contributed by atoms with E-state index in [4.69, 9.17) is 14.2 Å². The number of carbonyl (C=O) groups excluding carboxylic acids is 4. The van der Waals surface area contributed by atoms with Crippen molar-refractivity contribution >= 4 is 29.9 Å². The van der Waals surface area contributed by atoms with Gasteiger partial charge in [-0.05, 0) is 93.7 Å². The van der Waals surface area contributed by atoms with Gasteiger partial charge in [0.25, 0.3) is 0 Å². The van der Waals surface area contributed by atoms with Gasteiger partial charge < -0.3 is 29.1 Å². The molecular weight excluding hydrogens is 642 g/mol. The van der Waals surface area contributed by atoms with Gasteiger partial charge in [0.15, 0.2) is 0 Å². The molecule has 268 valence electrons. The second-order valence-electron chi connectivity index (χ2n) is 12.2. The first-order valence-electron chi connectivity index (χ1n) is 16.5. The quantitative estimate of drug-likeness (QED) is 0.176. The van der Waals surface area contributed by atoms with Crippen LogP contribution in [0.2, 0.25) is 0 Å². The summed E-state index contributed by atoms with van der Waals surface area (Å²) in [6, 6.07) is 12.1. The normalized spacial score (nSPS) is 20.3. The van der Waals surface area contributed by atoms with Crippen LogP contribution in [0.4, 0.5) is 18.4 Å². The van der Waals surface area contributed by atoms with Crippen molar-refractivity contribution in [2.24, 2.45) is 11.8 Å². The second kappa shape index (κ2) is 19.4. The molecule has 0 aromatic heterocycles. The molecule has 2 aliphatic heterocycles. The zero-order chi connectivity index (χ0) is 35.9. The number of esters is 1. The van der Waals surface area contributed by atoms with Crippen LogP contribution in [-0.2, 0) is 41.4 Å². The van der Waals surface area contributed by atoms with Crippen molar-refractivity contribution in [1.29, 1.82) is 0 Å². The molecule has 0 aliphatic carbocycles. The first-order chi connectivity index (χ1) is 23.4. The molecule has 4 atom stereocenters. The minimum absolute atomic E-state index is 0.148. The van der Waals surface area contributed by atoms with Gasteiger partial charge in [0, 0.05) is 31.1 Å². The van der Waals surface area contributed by atoms with Crippen LogP contribution in [0.25, 0.3) is 0 Å². The summed E-state index contributed by atoms with van der Waals surface area (Å²) in [6.45, 7) is 2.73. The van der Waals surface area contributed by atoms with Crippen molar-refractivity contribution < 1.29 is 52.1 Å². The van der Waals surface area contributed by atoms with Gasteiger partial charge in [-0.2, -0.15) is 0 Å². The number of nitrogens with zero attached hydrogens (tertiary/aromatic N) is 2. The number of benzene rings is 2. The predicted octanol–water partition coefficient (Wildman–Crippen LogP) is 5.82. The molecule has 11 nitrogen and oxygen atoms in total. The van der Waals surface area contributed by atoms with Crippen LogP contribution in [0.15, 0.2) is 48.5 Å². The third-order valence-corrected chi connectivity index (χ3v) is 9.04. The molecule has 2 saturated heterocycles. The number of ketones is 1. The van der Waals surface area contributed by atoms with Crippen LogP contribution < -0.4 is 0 Å². The number of piperidine rings is 2. The van der Waals surface area contributed by atoms with Gasteiger partial charge in [0.05, 0.1) is 26.7 Å². The van der Waals surface area contributed by atoms with Gasteiger partial charge in [-0.3, -0.25) is 14.4 Å². The highest BCUT2D eigenvalue weighted by Crippen LogP contribution is 2.29. The Hall–Kier alpha value is -4.55. The number of hydrogen-bond donors (Lipinski definition) is 1. The number of aryl methyl sites for hydroxylation is 2. The summed E-state index contributed by atoms with van der Waals surface area (Å²) in [6.07, 6.45) is 3.33. The van der Waals surface area contributed by atoms with Crippen LogP contribution in [0.5, 0.6) is 0 Å². The van der Waals surface area contributed by atoms with Crippen LogP contribution >= 0.6 is 0 Å². The van der Waals surface area contributed by atoms with Crippen LogP contribution in [0.1, 0.15) is 63.0 Å². The largest absolute Gasteiger partial charge is 0.481 e. The molecule has 4 rings (SSSR count). The summed E-state index contributed by atoms with van der Waals surface area (Å²) in [4.78, 5) is 62.3. The molecule has 0 saturated carbocycles. The van der Waals surface area contributed by atoms with Gasteiger partial charge in [-0.15, -0.1) is 0 Å². The maximum Gasteiger partial charge on any atom is 0.409 e. The van der Waals surface area contributed by atoms with Crippen molar-refractivity contribution in [2.45, 2.75) is 76.8 Å². The van der Waals surface area contributed by atoms with E-state index in [1.807, 2.05) is 0 Å². The summed E-state index contributed by atoms with van der Waals surface area (Å²) < 4.78 is 40.4. The van der Waals surface area contributed by atoms with Gasteiger partial charge in [-0.1, -0.05) is 24.3 Å². The maximum atomic E-state index is 13.0. The van der Waals surface area contributed by atoms with Gasteiger partial charge in [0.2, 0.25) is 0 Å². The van der Waals surface area contributed by atoms with Crippen molar-refractivity contribution in [3.8, 4) is 0 Å². The highest BCUT2D eigenvalue weighted by molar-refractivity contribution is 5.97. The number of carboxylic acid groups (broad SMARTS) is 1. The second-order valence-corrected chi connectivity index (χ2v) is 12.2. The van der Waals surface area contributed by atoms with E-state index in [-0.39, 0.29) is 48.4 Å². The molecule has 49 heavy (non-hydrogen) atoms. The van der Waals surface area contributed by atoms with Crippen LogP contribution in [0, 0.1) is 23.5 Å². The minimum atomic E-state index is -0.823. The van der Waals surface area contributed by atoms with Crippen molar-refractivity contribution in [1.82, 2.24) is 9.80 Å². The van der Waals surface area contributed by atoms with Crippen LogP contribution in [-0.4, -0.2) is 90.8 Å². The number of amides is 2. The van der Waals surface area contributed by atoms with Gasteiger partial charge in [-0.25, -0.2) is 18.4 Å². The number of carboxylic acids is 1. The maximum absolute atomic E-state index is 13.0. The smallest absolute Gasteiger partial charge is 0.409 e. The van der Waals surface area contributed by atoms with E-state index in [2.05, 4.69) is 0 Å². The molecule has 2 aromatic carbocycles. The van der Waals surface area contributed by atoms with Crippen molar-refractivity contribution in [2.75, 3.05) is 33.9 Å². The number of carbonyl (C=O) groups is 5. The Morgan fingerprint density at radius 3 is 1.57 bits per heavy atom. The Kier molecular flexibility index (Phi) is 15.4. The van der Waals surface area contributed by atoms with E-state index in [9.17, 15) is 37.9 Å². The van der Waals surface area contributed by atoms with E-state index in [1.165, 1.54) is 38.5 Å².